The molecule has 4 rings (SSSR count). The van der Waals surface area contributed by atoms with Gasteiger partial charge in [0, 0.05) is 12.3 Å². The zero-order valence-electron chi connectivity index (χ0n) is 18.2. The van der Waals surface area contributed by atoms with Crippen molar-refractivity contribution < 1.29 is 9.59 Å². The first-order valence-corrected chi connectivity index (χ1v) is 11.7. The van der Waals surface area contributed by atoms with Crippen molar-refractivity contribution in [2.45, 2.75) is 27.7 Å². The van der Waals surface area contributed by atoms with Crippen LogP contribution in [0.3, 0.4) is 0 Å². The molecule has 3 aromatic rings. The lowest BCUT2D eigenvalue weighted by atomic mass is 10.1. The highest BCUT2D eigenvalue weighted by molar-refractivity contribution is 8.18. The first-order valence-electron chi connectivity index (χ1n) is 10.0. The van der Waals surface area contributed by atoms with Gasteiger partial charge in [-0.1, -0.05) is 35.9 Å². The van der Waals surface area contributed by atoms with Gasteiger partial charge in [0.15, 0.2) is 10.3 Å². The van der Waals surface area contributed by atoms with E-state index in [1.165, 1.54) is 30.0 Å². The fraction of sp³-hybridized carbons (Fsp3) is 0.167. The average molecular weight is 463 g/mol. The van der Waals surface area contributed by atoms with Gasteiger partial charge in [-0.15, -0.1) is 11.3 Å². The van der Waals surface area contributed by atoms with Gasteiger partial charge in [-0.25, -0.2) is 9.98 Å². The minimum absolute atomic E-state index is 0.114. The van der Waals surface area contributed by atoms with Crippen molar-refractivity contribution in [3.63, 3.8) is 0 Å². The number of nitrogens with zero attached hydrogens (tertiary/aromatic N) is 3. The smallest absolute Gasteiger partial charge is 0.264 e. The molecule has 0 spiro atoms. The van der Waals surface area contributed by atoms with Gasteiger partial charge in [-0.2, -0.15) is 0 Å². The first-order chi connectivity index (χ1) is 15.3. The summed E-state index contributed by atoms with van der Waals surface area (Å²) in [5, 5.41) is 5.73. The lowest BCUT2D eigenvalue weighted by Crippen LogP contribution is -2.24. The van der Waals surface area contributed by atoms with Crippen LogP contribution in [0.4, 0.5) is 16.5 Å². The number of carbonyl (C=O) groups is 2. The summed E-state index contributed by atoms with van der Waals surface area (Å²) in [5.41, 5.74) is 5.39. The Hall–Kier alpha value is -3.23. The third kappa shape index (κ3) is 4.66. The average Bonchev–Trinajstić information content (AvgIpc) is 3.33. The van der Waals surface area contributed by atoms with Crippen LogP contribution in [0.25, 0.3) is 6.08 Å². The second-order valence-corrected chi connectivity index (χ2v) is 9.33. The Labute approximate surface area is 195 Å². The minimum Gasteiger partial charge on any atom is -0.300 e. The zero-order chi connectivity index (χ0) is 22.8. The number of para-hydroxylation sites is 1. The van der Waals surface area contributed by atoms with Gasteiger partial charge in [0.1, 0.15) is 0 Å². The number of hydrogen-bond acceptors (Lipinski definition) is 6. The molecule has 0 bridgehead atoms. The highest BCUT2D eigenvalue weighted by atomic mass is 32.2. The van der Waals surface area contributed by atoms with Crippen LogP contribution in [0.2, 0.25) is 0 Å². The molecule has 0 saturated carbocycles. The maximum Gasteiger partial charge on any atom is 0.264 e. The third-order valence-corrected chi connectivity index (χ3v) is 6.63. The Bertz CT molecular complexity index is 1240. The van der Waals surface area contributed by atoms with E-state index in [9.17, 15) is 9.59 Å². The van der Waals surface area contributed by atoms with E-state index in [1.54, 1.807) is 11.0 Å². The molecule has 2 amide bonds. The highest BCUT2D eigenvalue weighted by Crippen LogP contribution is 2.35. The standard InChI is InChI=1S/C24H22N4O2S2/c1-14-8-10-18(11-9-14)25-23-27-22(30)20(32-23)12-19-13-31-24(26-19)28(17(4)29)21-15(2)6-5-7-16(21)3/h5-13H,1-4H3,(H,25,27,30)/b20-12+. The van der Waals surface area contributed by atoms with Gasteiger partial charge in [-0.3, -0.25) is 14.5 Å². The van der Waals surface area contributed by atoms with Gasteiger partial charge in [0.25, 0.3) is 5.91 Å². The molecule has 1 aliphatic rings. The van der Waals surface area contributed by atoms with Crippen molar-refractivity contribution in [3.05, 3.63) is 75.1 Å². The number of hydrogen-bond donors (Lipinski definition) is 1. The summed E-state index contributed by atoms with van der Waals surface area (Å²) in [6, 6.07) is 13.7. The number of benzene rings is 2. The molecular formula is C24H22N4O2S2. The number of rotatable bonds is 4. The number of thiazole rings is 1. The second-order valence-electron chi connectivity index (χ2n) is 7.47. The SMILES string of the molecule is CC(=O)N(c1nc(/C=C2/SC(=Nc3ccc(C)cc3)NC2=O)cs1)c1c(C)cccc1C. The molecule has 162 valence electrons. The molecule has 1 N–H and O–H groups in total. The minimum atomic E-state index is -0.214. The number of aryl methyl sites for hydroxylation is 3. The molecule has 32 heavy (non-hydrogen) atoms. The fourth-order valence-corrected chi connectivity index (χ4v) is 5.00. The van der Waals surface area contributed by atoms with Crippen LogP contribution in [-0.4, -0.2) is 22.0 Å². The van der Waals surface area contributed by atoms with Crippen molar-refractivity contribution in [1.29, 1.82) is 0 Å². The van der Waals surface area contributed by atoms with Crippen LogP contribution in [0.5, 0.6) is 0 Å². The Morgan fingerprint density at radius 3 is 2.44 bits per heavy atom. The van der Waals surface area contributed by atoms with Crippen molar-refractivity contribution in [3.8, 4) is 0 Å². The normalized spacial score (nSPS) is 15.9. The highest BCUT2D eigenvalue weighted by Gasteiger charge is 2.25. The molecule has 1 fully saturated rings. The molecule has 0 atom stereocenters. The molecular weight excluding hydrogens is 440 g/mol. The van der Waals surface area contributed by atoms with E-state index in [0.29, 0.717) is 20.9 Å². The molecule has 1 aliphatic heterocycles. The molecule has 8 heteroatoms. The van der Waals surface area contributed by atoms with Crippen LogP contribution in [0.15, 0.2) is 57.7 Å². The van der Waals surface area contributed by atoms with E-state index < -0.39 is 0 Å². The fourth-order valence-electron chi connectivity index (χ4n) is 3.34. The van der Waals surface area contributed by atoms with Crippen molar-refractivity contribution >= 4 is 62.7 Å². The quantitative estimate of drug-likeness (QED) is 0.509. The number of amides is 2. The summed E-state index contributed by atoms with van der Waals surface area (Å²) in [6.45, 7) is 7.49. The molecule has 1 aromatic heterocycles. The number of anilines is 2. The van der Waals surface area contributed by atoms with Crippen LogP contribution in [-0.2, 0) is 9.59 Å². The lowest BCUT2D eigenvalue weighted by molar-refractivity contribution is -0.116. The van der Waals surface area contributed by atoms with Gasteiger partial charge in [0.2, 0.25) is 5.91 Å². The Balaban J connectivity index is 1.60. The molecule has 6 nitrogen and oxygen atoms in total. The van der Waals surface area contributed by atoms with Gasteiger partial charge < -0.3 is 5.32 Å². The second kappa shape index (κ2) is 9.10. The molecule has 0 unspecified atom stereocenters. The Morgan fingerprint density at radius 2 is 1.78 bits per heavy atom. The number of nitrogens with one attached hydrogen (secondary N) is 1. The molecule has 2 heterocycles. The maximum atomic E-state index is 12.5. The van der Waals surface area contributed by atoms with Crippen molar-refractivity contribution in [2.24, 2.45) is 4.99 Å². The summed E-state index contributed by atoms with van der Waals surface area (Å²) in [7, 11) is 0. The van der Waals surface area contributed by atoms with E-state index in [1.807, 2.05) is 68.6 Å². The summed E-state index contributed by atoms with van der Waals surface area (Å²) in [6.07, 6.45) is 1.72. The number of carbonyl (C=O) groups excluding carboxylic acids is 2. The largest absolute Gasteiger partial charge is 0.300 e. The molecule has 2 aromatic carbocycles. The number of thioether (sulfide) groups is 1. The van der Waals surface area contributed by atoms with Gasteiger partial charge >= 0.3 is 0 Å². The van der Waals surface area contributed by atoms with E-state index in [4.69, 9.17) is 0 Å². The Kier molecular flexibility index (Phi) is 6.25. The van der Waals surface area contributed by atoms with Crippen LogP contribution < -0.4 is 10.2 Å². The predicted molar refractivity (Wildman–Crippen MR) is 133 cm³/mol. The topological polar surface area (TPSA) is 74.7 Å². The summed E-state index contributed by atoms with van der Waals surface area (Å²) < 4.78 is 0. The van der Waals surface area contributed by atoms with E-state index in [2.05, 4.69) is 15.3 Å². The van der Waals surface area contributed by atoms with E-state index in [-0.39, 0.29) is 11.8 Å². The zero-order valence-corrected chi connectivity index (χ0v) is 19.8. The number of aliphatic imine (C=N–C) groups is 1. The maximum absolute atomic E-state index is 12.5. The summed E-state index contributed by atoms with van der Waals surface area (Å²) in [4.78, 5) is 36.2. The monoisotopic (exact) mass is 462 g/mol. The van der Waals surface area contributed by atoms with Crippen LogP contribution in [0.1, 0.15) is 29.3 Å². The predicted octanol–water partition coefficient (Wildman–Crippen LogP) is 5.64. The van der Waals surface area contributed by atoms with Crippen molar-refractivity contribution in [2.75, 3.05) is 4.90 Å². The number of amidine groups is 1. The summed E-state index contributed by atoms with van der Waals surface area (Å²) >= 11 is 2.64. The molecule has 1 saturated heterocycles. The first kappa shape index (κ1) is 22.0. The van der Waals surface area contributed by atoms with E-state index in [0.717, 1.165) is 28.1 Å². The van der Waals surface area contributed by atoms with Gasteiger partial charge in [-0.05, 0) is 61.9 Å². The van der Waals surface area contributed by atoms with E-state index >= 15 is 0 Å². The summed E-state index contributed by atoms with van der Waals surface area (Å²) in [5.74, 6) is -0.329. The van der Waals surface area contributed by atoms with Crippen LogP contribution >= 0.6 is 23.1 Å². The number of aromatic nitrogens is 1. The van der Waals surface area contributed by atoms with Crippen molar-refractivity contribution in [1.82, 2.24) is 10.3 Å². The molecule has 0 aliphatic carbocycles. The third-order valence-electron chi connectivity index (χ3n) is 4.87. The van der Waals surface area contributed by atoms with Crippen LogP contribution in [0, 0.1) is 20.8 Å². The lowest BCUT2D eigenvalue weighted by Gasteiger charge is -2.22. The Morgan fingerprint density at radius 1 is 1.09 bits per heavy atom. The molecule has 0 radical (unpaired) electrons. The van der Waals surface area contributed by atoms with Gasteiger partial charge in [0.05, 0.1) is 22.0 Å².